The number of pyridine rings is 2. The molecule has 6 nitrogen and oxygen atoms in total. The topological polar surface area (TPSA) is 78.4 Å². The summed E-state index contributed by atoms with van der Waals surface area (Å²) in [5.74, 6) is -0.641. The molecule has 0 aromatic carbocycles. The maximum atomic E-state index is 11.3. The Balaban J connectivity index is -0.000000427. The molecule has 2 heterocycles. The average molecular weight is 860 g/mol. The van der Waals surface area contributed by atoms with Crippen LogP contribution in [0.1, 0.15) is 28.1 Å². The number of carbonyl (C=O) groups excluding carboxylic acids is 2. The summed E-state index contributed by atoms with van der Waals surface area (Å²) in [4.78, 5) is 51.3. The molecule has 0 bridgehead atoms. The van der Waals surface area contributed by atoms with Gasteiger partial charge in [0.05, 0.1) is 12.7 Å². The Kier molecular flexibility index (Phi) is 24.1. The van der Waals surface area contributed by atoms with E-state index in [1.807, 2.05) is 6.07 Å². The SMILES string of the molecule is C.COC(=O)c1ccn[c]([Sn]([CH3])([CH3])[CH3])c1.COC(=O)c1ccnc(Br)c1.[CH3][Sn]([CH3])[CH3].[CH3][Sn]([CH3])[CH3]. The second kappa shape index (κ2) is 21.2. The van der Waals surface area contributed by atoms with Crippen molar-refractivity contribution in [3.05, 3.63) is 52.4 Å². The van der Waals surface area contributed by atoms with Gasteiger partial charge in [-0.2, -0.15) is 0 Å². The quantitative estimate of drug-likeness (QED) is 0.202. The Hall–Kier alpha value is 0.116. The third-order valence-electron chi connectivity index (χ3n) is 3.10. The molecule has 10 heteroatoms. The molecule has 0 saturated heterocycles. The van der Waals surface area contributed by atoms with Crippen molar-refractivity contribution in [2.75, 3.05) is 14.2 Å². The molecule has 0 saturated carbocycles. The predicted molar refractivity (Wildman–Crippen MR) is 155 cm³/mol. The van der Waals surface area contributed by atoms with Crippen LogP contribution in [-0.4, -0.2) is 94.0 Å². The molecule has 2 radical (unpaired) electrons. The van der Waals surface area contributed by atoms with Gasteiger partial charge in [0.15, 0.2) is 0 Å². The average Bonchev–Trinajstić information content (AvgIpc) is 2.71. The normalized spacial score (nSPS) is 9.71. The summed E-state index contributed by atoms with van der Waals surface area (Å²) in [6.07, 6.45) is 3.22. The van der Waals surface area contributed by atoms with E-state index in [1.54, 1.807) is 24.4 Å². The van der Waals surface area contributed by atoms with Crippen LogP contribution < -0.4 is 3.71 Å². The molecule has 0 spiro atoms. The van der Waals surface area contributed by atoms with E-state index in [1.165, 1.54) is 20.4 Å². The number of hydrogen-bond acceptors (Lipinski definition) is 6. The van der Waals surface area contributed by atoms with Gasteiger partial charge in [0.2, 0.25) is 0 Å². The number of methoxy groups -OCH3 is 2. The molecule has 0 unspecified atom stereocenters. The molecule has 0 aliphatic carbocycles. The Morgan fingerprint density at radius 3 is 1.47 bits per heavy atom. The molecule has 2 aromatic rings. The zero-order valence-corrected chi connectivity index (χ0v) is 32.0. The van der Waals surface area contributed by atoms with Gasteiger partial charge in [-0.15, -0.1) is 0 Å². The molecular weight excluding hydrogens is 816 g/mol. The number of halogens is 1. The summed E-state index contributed by atoms with van der Waals surface area (Å²) in [6.45, 7) is 0. The van der Waals surface area contributed by atoms with E-state index in [4.69, 9.17) is 0 Å². The van der Waals surface area contributed by atoms with Crippen LogP contribution in [0.2, 0.25) is 44.5 Å². The van der Waals surface area contributed by atoms with Crippen molar-refractivity contribution in [3.8, 4) is 0 Å². The Labute approximate surface area is 234 Å². The van der Waals surface area contributed by atoms with Crippen LogP contribution in [0.3, 0.4) is 0 Å². The molecule has 0 amide bonds. The summed E-state index contributed by atoms with van der Waals surface area (Å²) in [5, 5.41) is 0. The zero-order valence-electron chi connectivity index (χ0n) is 21.9. The van der Waals surface area contributed by atoms with Gasteiger partial charge in [-0.25, -0.2) is 9.78 Å². The van der Waals surface area contributed by atoms with E-state index < -0.39 is 57.9 Å². The molecule has 34 heavy (non-hydrogen) atoms. The van der Waals surface area contributed by atoms with Gasteiger partial charge in [-0.05, 0) is 28.1 Å². The van der Waals surface area contributed by atoms with Crippen molar-refractivity contribution in [2.24, 2.45) is 0 Å². The van der Waals surface area contributed by atoms with Crippen molar-refractivity contribution in [3.63, 3.8) is 0 Å². The number of rotatable bonds is 3. The summed E-state index contributed by atoms with van der Waals surface area (Å²) in [6, 6.07) is 6.75. The van der Waals surface area contributed by atoms with Gasteiger partial charge in [0.1, 0.15) is 4.60 Å². The second-order valence-electron chi connectivity index (χ2n) is 9.03. The fourth-order valence-corrected chi connectivity index (χ4v) is 5.10. The molecule has 0 N–H and O–H groups in total. The van der Waals surface area contributed by atoms with Crippen molar-refractivity contribution >= 4 is 89.5 Å². The van der Waals surface area contributed by atoms with Crippen molar-refractivity contribution in [1.82, 2.24) is 9.97 Å². The van der Waals surface area contributed by atoms with E-state index >= 15 is 0 Å². The number of aromatic nitrogens is 2. The van der Waals surface area contributed by atoms with Gasteiger partial charge in [0, 0.05) is 6.20 Å². The van der Waals surface area contributed by atoms with Crippen LogP contribution in [0.4, 0.5) is 0 Å². The first-order valence-corrected chi connectivity index (χ1v) is 38.3. The molecule has 192 valence electrons. The molecule has 2 aromatic heterocycles. The first-order chi connectivity index (χ1) is 15.1. The van der Waals surface area contributed by atoms with E-state index in [9.17, 15) is 9.59 Å². The summed E-state index contributed by atoms with van der Waals surface area (Å²) in [5.41, 5.74) is 1.10. The molecule has 0 fully saturated rings. The molecular formula is C24H43BrN2O4Sn3. The molecule has 2 rings (SSSR count). The van der Waals surface area contributed by atoms with E-state index in [0.717, 1.165) is 3.71 Å². The molecule has 0 atom stereocenters. The van der Waals surface area contributed by atoms with Crippen molar-refractivity contribution < 1.29 is 19.1 Å². The van der Waals surface area contributed by atoms with Crippen molar-refractivity contribution in [2.45, 2.75) is 51.9 Å². The van der Waals surface area contributed by atoms with Gasteiger partial charge >= 0.3 is 164 Å². The van der Waals surface area contributed by atoms with Crippen LogP contribution in [-0.2, 0) is 9.47 Å². The van der Waals surface area contributed by atoms with Gasteiger partial charge in [-0.1, -0.05) is 7.43 Å². The number of nitrogens with zero attached hydrogens (tertiary/aromatic N) is 2. The van der Waals surface area contributed by atoms with Crippen LogP contribution in [0.5, 0.6) is 0 Å². The zero-order chi connectivity index (χ0) is 26.2. The van der Waals surface area contributed by atoms with Crippen molar-refractivity contribution in [1.29, 1.82) is 0 Å². The number of hydrogen-bond donors (Lipinski definition) is 0. The fourth-order valence-electron chi connectivity index (χ4n) is 1.73. The predicted octanol–water partition coefficient (Wildman–Crippen LogP) is 6.42. The van der Waals surface area contributed by atoms with E-state index in [-0.39, 0.29) is 19.4 Å². The molecule has 0 aliphatic rings. The fraction of sp³-hybridized carbons (Fsp3) is 0.500. The van der Waals surface area contributed by atoms with Gasteiger partial charge < -0.3 is 4.74 Å². The standard InChI is InChI=1S/C7H6BrNO2.C7H6NO2.CH4.9CH3.3Sn/c1-11-7(10)5-2-3-9-6(8)4-5;1-10-7(9)6-2-4-8-5-3-6;;;;;;;;;;;;;/h2-4H,1H3;2-4H,1H3;1H4;9*1H3;;;. The second-order valence-corrected chi connectivity index (χ2v) is 41.3. The Morgan fingerprint density at radius 1 is 0.794 bits per heavy atom. The van der Waals surface area contributed by atoms with Crippen LogP contribution in [0.15, 0.2) is 41.3 Å². The minimum atomic E-state index is -2.15. The maximum absolute atomic E-state index is 11.3. The van der Waals surface area contributed by atoms with E-state index in [0.29, 0.717) is 15.7 Å². The van der Waals surface area contributed by atoms with Crippen LogP contribution in [0, 0.1) is 0 Å². The minimum absolute atomic E-state index is 0. The number of ether oxygens (including phenoxy) is 2. The first kappa shape index (κ1) is 38.6. The third-order valence-corrected chi connectivity index (χ3v) is 8.70. The summed E-state index contributed by atoms with van der Waals surface area (Å²) in [7, 11) is 2.74. The number of esters is 2. The summed E-state index contributed by atoms with van der Waals surface area (Å²) < 4.78 is 10.9. The summed E-state index contributed by atoms with van der Waals surface area (Å²) >= 11 is -0.100. The Bertz CT molecular complexity index is 833. The number of carbonyl (C=O) groups is 2. The monoisotopic (exact) mass is 862 g/mol. The van der Waals surface area contributed by atoms with Crippen LogP contribution in [0.25, 0.3) is 0 Å². The third kappa shape index (κ3) is 21.4. The van der Waals surface area contributed by atoms with Gasteiger partial charge in [-0.3, -0.25) is 0 Å². The Morgan fingerprint density at radius 2 is 1.15 bits per heavy atom. The molecule has 0 aliphatic heterocycles. The first-order valence-electron chi connectivity index (χ1n) is 10.4. The van der Waals surface area contributed by atoms with Gasteiger partial charge in [0.25, 0.3) is 0 Å². The van der Waals surface area contributed by atoms with Crippen LogP contribution >= 0.6 is 15.9 Å². The van der Waals surface area contributed by atoms with E-state index in [2.05, 4.69) is 79.8 Å².